The Balaban J connectivity index is 0.00000128. The molecule has 1 aromatic carbocycles. The molecule has 0 saturated carbocycles. The Morgan fingerprint density at radius 3 is 2.39 bits per heavy atom. The van der Waals surface area contributed by atoms with Gasteiger partial charge in [0.25, 0.3) is 0 Å². The molecule has 0 bridgehead atoms. The van der Waals surface area contributed by atoms with Gasteiger partial charge in [-0.2, -0.15) is 0 Å². The highest BCUT2D eigenvalue weighted by Crippen LogP contribution is 2.34. The molecule has 0 unspecified atom stereocenters. The van der Waals surface area contributed by atoms with E-state index in [0.717, 1.165) is 61.5 Å². The molecule has 2 aliphatic rings. The quantitative estimate of drug-likeness (QED) is 0.343. The summed E-state index contributed by atoms with van der Waals surface area (Å²) in [5.74, 6) is 3.55. The van der Waals surface area contributed by atoms with Crippen LogP contribution >= 0.6 is 11.6 Å². The molecule has 2 aromatic heterocycles. The molecule has 0 amide bonds. The number of piperidine rings is 1. The molecule has 10 heteroatoms. The van der Waals surface area contributed by atoms with Crippen LogP contribution in [0.2, 0.25) is 5.02 Å². The molecule has 33 heavy (non-hydrogen) atoms. The van der Waals surface area contributed by atoms with Crippen molar-refractivity contribution >= 4 is 17.4 Å². The van der Waals surface area contributed by atoms with Gasteiger partial charge in [0.2, 0.25) is 0 Å². The van der Waals surface area contributed by atoms with Crippen LogP contribution in [0.1, 0.15) is 49.8 Å². The first-order valence-corrected chi connectivity index (χ1v) is 11.1. The monoisotopic (exact) mass is 527 g/mol. The van der Waals surface area contributed by atoms with Crippen LogP contribution in [-0.4, -0.2) is 43.8 Å². The van der Waals surface area contributed by atoms with Crippen molar-refractivity contribution in [3.05, 3.63) is 64.8 Å². The van der Waals surface area contributed by atoms with Gasteiger partial charge in [-0.3, -0.25) is 9.47 Å². The summed E-state index contributed by atoms with van der Waals surface area (Å²) < 4.78 is 2.30. The number of rotatable bonds is 3. The van der Waals surface area contributed by atoms with Crippen molar-refractivity contribution in [3.63, 3.8) is 0 Å². The Hall–Kier alpha value is -1.57. The fraction of sp³-hybridized carbons (Fsp3) is 0.435. The van der Waals surface area contributed by atoms with Crippen LogP contribution in [0.25, 0.3) is 5.69 Å². The van der Waals surface area contributed by atoms with E-state index in [2.05, 4.69) is 62.6 Å². The molecular formula is C23H27Cl4N6-3. The minimum absolute atomic E-state index is 0. The summed E-state index contributed by atoms with van der Waals surface area (Å²) >= 11 is 6.35. The SMILES string of the molecule is CC(C)N1Cc2cc(Cl)ccc2-n2c(nnc2C2CCN(c3ccccn3)CC2)C1.[Cl-].[Cl-].[Cl-]. The fourth-order valence-corrected chi connectivity index (χ4v) is 4.78. The van der Waals surface area contributed by atoms with Crippen molar-refractivity contribution in [1.82, 2.24) is 24.6 Å². The summed E-state index contributed by atoms with van der Waals surface area (Å²) in [5, 5.41) is 10.1. The molecule has 3 aromatic rings. The Morgan fingerprint density at radius 1 is 0.970 bits per heavy atom. The van der Waals surface area contributed by atoms with E-state index < -0.39 is 0 Å². The molecule has 0 aliphatic carbocycles. The van der Waals surface area contributed by atoms with Gasteiger partial charge in [-0.15, -0.1) is 10.2 Å². The Labute approximate surface area is 219 Å². The summed E-state index contributed by atoms with van der Waals surface area (Å²) in [4.78, 5) is 9.30. The van der Waals surface area contributed by atoms with Crippen molar-refractivity contribution in [1.29, 1.82) is 0 Å². The lowest BCUT2D eigenvalue weighted by Gasteiger charge is -2.32. The minimum Gasteiger partial charge on any atom is -1.00 e. The van der Waals surface area contributed by atoms with Crippen LogP contribution < -0.4 is 42.1 Å². The second-order valence-electron chi connectivity index (χ2n) is 8.53. The lowest BCUT2D eigenvalue weighted by molar-refractivity contribution is -0.00100. The molecule has 0 radical (unpaired) electrons. The third-order valence-electron chi connectivity index (χ3n) is 6.32. The van der Waals surface area contributed by atoms with Crippen molar-refractivity contribution in [3.8, 4) is 5.69 Å². The highest BCUT2D eigenvalue weighted by molar-refractivity contribution is 6.30. The summed E-state index contributed by atoms with van der Waals surface area (Å²) in [5.41, 5.74) is 2.41. The highest BCUT2D eigenvalue weighted by Gasteiger charge is 2.30. The molecule has 2 aliphatic heterocycles. The maximum Gasteiger partial charge on any atom is 0.151 e. The van der Waals surface area contributed by atoms with Crippen LogP contribution in [0.4, 0.5) is 5.82 Å². The van der Waals surface area contributed by atoms with E-state index in [1.807, 2.05) is 18.3 Å². The Bertz CT molecular complexity index is 1030. The molecule has 4 heterocycles. The van der Waals surface area contributed by atoms with Gasteiger partial charge in [0.15, 0.2) is 5.82 Å². The fourth-order valence-electron chi connectivity index (χ4n) is 4.59. The van der Waals surface area contributed by atoms with E-state index in [1.54, 1.807) is 0 Å². The minimum atomic E-state index is 0. The van der Waals surface area contributed by atoms with Crippen LogP contribution in [0, 0.1) is 0 Å². The van der Waals surface area contributed by atoms with E-state index in [1.165, 1.54) is 11.3 Å². The highest BCUT2D eigenvalue weighted by atomic mass is 35.5. The Kier molecular flexibility index (Phi) is 9.82. The molecule has 180 valence electrons. The van der Waals surface area contributed by atoms with Gasteiger partial charge >= 0.3 is 0 Å². The first-order valence-electron chi connectivity index (χ1n) is 10.7. The number of aromatic nitrogens is 4. The number of nitrogens with zero attached hydrogens (tertiary/aromatic N) is 6. The van der Waals surface area contributed by atoms with Crippen LogP contribution in [0.15, 0.2) is 42.6 Å². The summed E-state index contributed by atoms with van der Waals surface area (Å²) in [6, 6.07) is 12.7. The third kappa shape index (κ3) is 5.57. The average Bonchev–Trinajstić information content (AvgIpc) is 3.10. The lowest BCUT2D eigenvalue weighted by atomic mass is 9.95. The molecular weight excluding hydrogens is 502 g/mol. The average molecular weight is 529 g/mol. The van der Waals surface area contributed by atoms with Crippen molar-refractivity contribution < 1.29 is 37.2 Å². The zero-order valence-corrected chi connectivity index (χ0v) is 21.7. The van der Waals surface area contributed by atoms with Gasteiger partial charge in [-0.1, -0.05) is 17.7 Å². The third-order valence-corrected chi connectivity index (χ3v) is 6.55. The summed E-state index contributed by atoms with van der Waals surface area (Å²) in [6.07, 6.45) is 3.96. The van der Waals surface area contributed by atoms with Crippen LogP contribution in [0.3, 0.4) is 0 Å². The van der Waals surface area contributed by atoms with Crippen LogP contribution in [0.5, 0.6) is 0 Å². The molecule has 6 nitrogen and oxygen atoms in total. The second kappa shape index (κ2) is 11.7. The molecule has 5 rings (SSSR count). The van der Waals surface area contributed by atoms with E-state index in [4.69, 9.17) is 16.7 Å². The first kappa shape index (κ1) is 27.7. The molecule has 1 fully saturated rings. The van der Waals surface area contributed by atoms with Gasteiger partial charge in [0.1, 0.15) is 11.6 Å². The predicted molar refractivity (Wildman–Crippen MR) is 119 cm³/mol. The van der Waals surface area contributed by atoms with E-state index in [0.29, 0.717) is 12.0 Å². The van der Waals surface area contributed by atoms with E-state index >= 15 is 0 Å². The summed E-state index contributed by atoms with van der Waals surface area (Å²) in [6.45, 7) is 8.08. The maximum atomic E-state index is 6.35. The lowest BCUT2D eigenvalue weighted by Crippen LogP contribution is -3.00. The van der Waals surface area contributed by atoms with Crippen molar-refractivity contribution in [2.24, 2.45) is 0 Å². The number of benzene rings is 1. The number of hydrogen-bond donors (Lipinski definition) is 0. The normalized spacial score (nSPS) is 16.1. The van der Waals surface area contributed by atoms with Gasteiger partial charge in [0, 0.05) is 42.8 Å². The maximum absolute atomic E-state index is 6.35. The molecule has 0 N–H and O–H groups in total. The number of hydrogen-bond acceptors (Lipinski definition) is 5. The zero-order valence-electron chi connectivity index (χ0n) is 18.6. The van der Waals surface area contributed by atoms with E-state index in [-0.39, 0.29) is 37.2 Å². The van der Waals surface area contributed by atoms with Crippen molar-refractivity contribution in [2.45, 2.75) is 51.7 Å². The van der Waals surface area contributed by atoms with Gasteiger partial charge < -0.3 is 42.1 Å². The number of fused-ring (bicyclic) bond motifs is 3. The Morgan fingerprint density at radius 2 is 1.73 bits per heavy atom. The smallest absolute Gasteiger partial charge is 0.151 e. The van der Waals surface area contributed by atoms with Gasteiger partial charge in [-0.05, 0) is 62.6 Å². The number of halogens is 4. The van der Waals surface area contributed by atoms with Crippen molar-refractivity contribution in [2.75, 3.05) is 18.0 Å². The van der Waals surface area contributed by atoms with Gasteiger partial charge in [-0.25, -0.2) is 4.98 Å². The number of anilines is 1. The zero-order chi connectivity index (χ0) is 20.7. The summed E-state index contributed by atoms with van der Waals surface area (Å²) in [7, 11) is 0. The largest absolute Gasteiger partial charge is 1.00 e. The molecule has 0 atom stereocenters. The van der Waals surface area contributed by atoms with Crippen LogP contribution in [-0.2, 0) is 13.1 Å². The second-order valence-corrected chi connectivity index (χ2v) is 8.97. The standard InChI is InChI=1S/C23H27ClN6.3ClH/c1-16(2)29-14-18-13-19(24)6-7-20(18)30-22(15-29)26-27-23(30)17-8-11-28(12-9-17)21-5-3-4-10-25-21;;;/h3-7,10,13,16-17H,8-9,11-12,14-15H2,1-2H3;3*1H/p-3. The molecule has 1 saturated heterocycles. The van der Waals surface area contributed by atoms with Gasteiger partial charge in [0.05, 0.1) is 12.2 Å². The topological polar surface area (TPSA) is 50.1 Å². The first-order chi connectivity index (χ1) is 14.6. The van der Waals surface area contributed by atoms with E-state index in [9.17, 15) is 0 Å². The predicted octanol–water partition coefficient (Wildman–Crippen LogP) is -4.56. The molecule has 0 spiro atoms. The number of pyridine rings is 1.